The number of hydrogen-bond donors (Lipinski definition) is 1. The van der Waals surface area contributed by atoms with Gasteiger partial charge in [-0.25, -0.2) is 0 Å². The van der Waals surface area contributed by atoms with Crippen LogP contribution in [-0.2, 0) is 4.79 Å². The van der Waals surface area contributed by atoms with Crippen molar-refractivity contribution < 1.29 is 4.79 Å². The molecule has 0 saturated carbocycles. The molecule has 0 aliphatic carbocycles. The number of nitrogens with zero attached hydrogens (tertiary/aromatic N) is 1. The number of carbonyl (C=O) groups excluding carboxylic acids is 1. The second-order valence-electron chi connectivity index (χ2n) is 4.44. The molecule has 1 aliphatic heterocycles. The quantitative estimate of drug-likeness (QED) is 0.864. The lowest BCUT2D eigenvalue weighted by Crippen LogP contribution is -2.51. The molecule has 5 heteroatoms. The van der Waals surface area contributed by atoms with Crippen LogP contribution < -0.4 is 5.32 Å². The number of thioether (sulfide) groups is 1. The fourth-order valence-electron chi connectivity index (χ4n) is 1.93. The van der Waals surface area contributed by atoms with Gasteiger partial charge in [-0.05, 0) is 31.2 Å². The molecule has 1 fully saturated rings. The largest absolute Gasteiger partial charge is 0.339 e. The first-order valence-corrected chi connectivity index (χ1v) is 7.41. The molecule has 1 saturated heterocycles. The zero-order valence-corrected chi connectivity index (χ0v) is 11.9. The summed E-state index contributed by atoms with van der Waals surface area (Å²) in [4.78, 5) is 15.0. The fraction of sp³-hybridized carbons (Fsp3) is 0.462. The maximum absolute atomic E-state index is 12.0. The third-order valence-corrected chi connectivity index (χ3v) is 4.15. The number of piperazine rings is 1. The van der Waals surface area contributed by atoms with Gasteiger partial charge in [0.1, 0.15) is 0 Å². The minimum absolute atomic E-state index is 0.211. The van der Waals surface area contributed by atoms with Gasteiger partial charge in [-0.15, -0.1) is 11.8 Å². The molecule has 2 rings (SSSR count). The lowest BCUT2D eigenvalue weighted by Gasteiger charge is -2.31. The van der Waals surface area contributed by atoms with Crippen LogP contribution in [0.2, 0.25) is 5.02 Å². The molecule has 1 atom stereocenters. The Morgan fingerprint density at radius 2 is 2.22 bits per heavy atom. The van der Waals surface area contributed by atoms with E-state index >= 15 is 0 Å². The van der Waals surface area contributed by atoms with Crippen LogP contribution in [0.3, 0.4) is 0 Å². The van der Waals surface area contributed by atoms with E-state index in [-0.39, 0.29) is 5.91 Å². The van der Waals surface area contributed by atoms with Gasteiger partial charge in [0.2, 0.25) is 5.91 Å². The van der Waals surface area contributed by atoms with Gasteiger partial charge < -0.3 is 10.2 Å². The zero-order valence-electron chi connectivity index (χ0n) is 10.4. The molecule has 98 valence electrons. The minimum atomic E-state index is 0.211. The molecule has 1 aliphatic rings. The van der Waals surface area contributed by atoms with Crippen LogP contribution in [0.5, 0.6) is 0 Å². The standard InChI is InChI=1S/C13H17ClN2OS/c1-10-8-16(7-6-15-10)13(17)9-18-12-4-2-11(14)3-5-12/h2-5,10,15H,6-9H2,1H3. The number of hydrogen-bond acceptors (Lipinski definition) is 3. The van der Waals surface area contributed by atoms with Crippen molar-refractivity contribution in [2.24, 2.45) is 0 Å². The Labute approximate surface area is 117 Å². The van der Waals surface area contributed by atoms with E-state index < -0.39 is 0 Å². The first-order chi connectivity index (χ1) is 8.65. The number of carbonyl (C=O) groups is 1. The van der Waals surface area contributed by atoms with Crippen molar-refractivity contribution >= 4 is 29.3 Å². The van der Waals surface area contributed by atoms with E-state index in [0.717, 1.165) is 29.6 Å². The highest BCUT2D eigenvalue weighted by Gasteiger charge is 2.20. The molecule has 0 spiro atoms. The minimum Gasteiger partial charge on any atom is -0.339 e. The molecule has 0 radical (unpaired) electrons. The summed E-state index contributed by atoms with van der Waals surface area (Å²) >= 11 is 7.38. The van der Waals surface area contributed by atoms with E-state index in [9.17, 15) is 4.79 Å². The van der Waals surface area contributed by atoms with Crippen molar-refractivity contribution in [2.75, 3.05) is 25.4 Å². The molecule has 1 aromatic carbocycles. The molecule has 18 heavy (non-hydrogen) atoms. The van der Waals surface area contributed by atoms with Crippen LogP contribution in [0, 0.1) is 0 Å². The van der Waals surface area contributed by atoms with E-state index in [0.29, 0.717) is 11.8 Å². The van der Waals surface area contributed by atoms with Gasteiger partial charge in [0, 0.05) is 35.6 Å². The highest BCUT2D eigenvalue weighted by Crippen LogP contribution is 2.20. The van der Waals surface area contributed by atoms with E-state index in [2.05, 4.69) is 12.2 Å². The highest BCUT2D eigenvalue weighted by atomic mass is 35.5. The number of halogens is 1. The first-order valence-electron chi connectivity index (χ1n) is 6.04. The van der Waals surface area contributed by atoms with Crippen LogP contribution in [0.15, 0.2) is 29.2 Å². The van der Waals surface area contributed by atoms with Crippen molar-refractivity contribution in [3.05, 3.63) is 29.3 Å². The number of benzene rings is 1. The average molecular weight is 285 g/mol. The van der Waals surface area contributed by atoms with Crippen LogP contribution in [0.4, 0.5) is 0 Å². The fourth-order valence-corrected chi connectivity index (χ4v) is 2.85. The Hall–Kier alpha value is -0.710. The monoisotopic (exact) mass is 284 g/mol. The van der Waals surface area contributed by atoms with Gasteiger partial charge >= 0.3 is 0 Å². The van der Waals surface area contributed by atoms with Crippen molar-refractivity contribution in [3.63, 3.8) is 0 Å². The predicted octanol–water partition coefficient (Wildman–Crippen LogP) is 2.25. The third-order valence-electron chi connectivity index (χ3n) is 2.90. The molecule has 1 unspecified atom stereocenters. The van der Waals surface area contributed by atoms with Crippen molar-refractivity contribution in [2.45, 2.75) is 17.9 Å². The SMILES string of the molecule is CC1CN(C(=O)CSc2ccc(Cl)cc2)CCN1. The Morgan fingerprint density at radius 3 is 2.89 bits per heavy atom. The normalized spacial score (nSPS) is 19.9. The predicted molar refractivity (Wildman–Crippen MR) is 76.2 cm³/mol. The van der Waals surface area contributed by atoms with E-state index in [1.165, 1.54) is 0 Å². The summed E-state index contributed by atoms with van der Waals surface area (Å²) in [6, 6.07) is 7.98. The molecular weight excluding hydrogens is 268 g/mol. The summed E-state index contributed by atoms with van der Waals surface area (Å²) < 4.78 is 0. The summed E-state index contributed by atoms with van der Waals surface area (Å²) in [5.74, 6) is 0.706. The smallest absolute Gasteiger partial charge is 0.233 e. The molecule has 1 aromatic rings. The number of nitrogens with one attached hydrogen (secondary N) is 1. The molecule has 3 nitrogen and oxygen atoms in total. The molecule has 0 aromatic heterocycles. The lowest BCUT2D eigenvalue weighted by atomic mass is 10.2. The molecule has 0 bridgehead atoms. The summed E-state index contributed by atoms with van der Waals surface area (Å²) in [6.07, 6.45) is 0. The van der Waals surface area contributed by atoms with Gasteiger partial charge in [0.25, 0.3) is 0 Å². The van der Waals surface area contributed by atoms with Gasteiger partial charge in [-0.3, -0.25) is 4.79 Å². The van der Waals surface area contributed by atoms with Crippen molar-refractivity contribution in [3.8, 4) is 0 Å². The Kier molecular flexibility index (Phi) is 4.92. The van der Waals surface area contributed by atoms with Crippen LogP contribution in [0.1, 0.15) is 6.92 Å². The first kappa shape index (κ1) is 13.7. The van der Waals surface area contributed by atoms with Gasteiger partial charge in [0.15, 0.2) is 0 Å². The summed E-state index contributed by atoms with van der Waals surface area (Å²) in [5.41, 5.74) is 0. The lowest BCUT2D eigenvalue weighted by molar-refractivity contribution is -0.129. The van der Waals surface area contributed by atoms with Gasteiger partial charge in [-0.2, -0.15) is 0 Å². The summed E-state index contributed by atoms with van der Waals surface area (Å²) in [6.45, 7) is 4.61. The highest BCUT2D eigenvalue weighted by molar-refractivity contribution is 8.00. The van der Waals surface area contributed by atoms with Gasteiger partial charge in [-0.1, -0.05) is 11.6 Å². The maximum atomic E-state index is 12.0. The average Bonchev–Trinajstić information content (AvgIpc) is 2.38. The molecule has 1 heterocycles. The van der Waals surface area contributed by atoms with Gasteiger partial charge in [0.05, 0.1) is 5.75 Å². The van der Waals surface area contributed by atoms with E-state index in [4.69, 9.17) is 11.6 Å². The van der Waals surface area contributed by atoms with Crippen molar-refractivity contribution in [1.29, 1.82) is 0 Å². The van der Waals surface area contributed by atoms with Crippen LogP contribution in [0.25, 0.3) is 0 Å². The second kappa shape index (κ2) is 6.45. The molecule has 1 amide bonds. The van der Waals surface area contributed by atoms with Crippen LogP contribution >= 0.6 is 23.4 Å². The second-order valence-corrected chi connectivity index (χ2v) is 5.92. The molecule has 1 N–H and O–H groups in total. The Balaban J connectivity index is 1.82. The van der Waals surface area contributed by atoms with E-state index in [1.807, 2.05) is 29.2 Å². The number of amides is 1. The van der Waals surface area contributed by atoms with Crippen molar-refractivity contribution in [1.82, 2.24) is 10.2 Å². The topological polar surface area (TPSA) is 32.3 Å². The summed E-state index contributed by atoms with van der Waals surface area (Å²) in [7, 11) is 0. The maximum Gasteiger partial charge on any atom is 0.233 e. The third kappa shape index (κ3) is 3.90. The Morgan fingerprint density at radius 1 is 1.50 bits per heavy atom. The Bertz CT molecular complexity index is 410. The van der Waals surface area contributed by atoms with E-state index in [1.54, 1.807) is 11.8 Å². The van der Waals surface area contributed by atoms with Crippen LogP contribution in [-0.4, -0.2) is 42.2 Å². The molecular formula is C13H17ClN2OS. The zero-order chi connectivity index (χ0) is 13.0. The summed E-state index contributed by atoms with van der Waals surface area (Å²) in [5, 5.41) is 4.06. The number of rotatable bonds is 3.